The Morgan fingerprint density at radius 3 is 2.85 bits per heavy atom. The van der Waals surface area contributed by atoms with Crippen LogP contribution in [0.3, 0.4) is 0 Å². The van der Waals surface area contributed by atoms with E-state index in [1.807, 2.05) is 19.2 Å². The summed E-state index contributed by atoms with van der Waals surface area (Å²) in [6.07, 6.45) is 5.06. The van der Waals surface area contributed by atoms with Gasteiger partial charge in [-0.3, -0.25) is 9.78 Å². The molecule has 4 rings (SSSR count). The lowest BCUT2D eigenvalue weighted by Crippen LogP contribution is -2.23. The normalized spacial score (nSPS) is 16.6. The zero-order chi connectivity index (χ0) is 18.3. The van der Waals surface area contributed by atoms with Crippen LogP contribution in [-0.2, 0) is 30.6 Å². The lowest BCUT2D eigenvalue weighted by atomic mass is 9.86. The Morgan fingerprint density at radius 2 is 2.12 bits per heavy atom. The molecule has 0 aliphatic heterocycles. The minimum absolute atomic E-state index is 0.271. The first-order chi connectivity index (χ1) is 12.5. The monoisotopic (exact) mass is 348 g/mol. The highest BCUT2D eigenvalue weighted by Crippen LogP contribution is 2.35. The third-order valence-electron chi connectivity index (χ3n) is 5.57. The van der Waals surface area contributed by atoms with Crippen molar-refractivity contribution >= 4 is 16.9 Å². The molecule has 4 heteroatoms. The summed E-state index contributed by atoms with van der Waals surface area (Å²) in [7, 11) is 0. The minimum atomic E-state index is -0.675. The molecule has 0 saturated carbocycles. The van der Waals surface area contributed by atoms with Gasteiger partial charge in [-0.05, 0) is 62.4 Å². The Bertz CT molecular complexity index is 970. The van der Waals surface area contributed by atoms with Gasteiger partial charge in [0.1, 0.15) is 0 Å². The van der Waals surface area contributed by atoms with Gasteiger partial charge < -0.3 is 9.67 Å². The van der Waals surface area contributed by atoms with Crippen LogP contribution >= 0.6 is 0 Å². The predicted molar refractivity (Wildman–Crippen MR) is 103 cm³/mol. The van der Waals surface area contributed by atoms with E-state index in [-0.39, 0.29) is 5.92 Å². The Labute approximate surface area is 153 Å². The number of nitrogens with zero attached hydrogens (tertiary/aromatic N) is 2. The van der Waals surface area contributed by atoms with Gasteiger partial charge in [0.2, 0.25) is 0 Å². The van der Waals surface area contributed by atoms with Crippen molar-refractivity contribution in [2.45, 2.75) is 46.1 Å². The van der Waals surface area contributed by atoms with Gasteiger partial charge in [0.15, 0.2) is 0 Å². The number of aryl methyl sites for hydroxylation is 5. The zero-order valence-corrected chi connectivity index (χ0v) is 15.3. The number of rotatable bonds is 4. The number of aliphatic carboxylic acids is 1. The molecule has 0 spiro atoms. The Balaban J connectivity index is 1.73. The van der Waals surface area contributed by atoms with Gasteiger partial charge in [0.05, 0.1) is 5.92 Å². The molecular weight excluding hydrogens is 324 g/mol. The number of carboxylic acid groups (broad SMARTS) is 1. The van der Waals surface area contributed by atoms with Crippen molar-refractivity contribution in [3.63, 3.8) is 0 Å². The fourth-order valence-corrected chi connectivity index (χ4v) is 4.11. The molecule has 2 aromatic heterocycles. The summed E-state index contributed by atoms with van der Waals surface area (Å²) < 4.78 is 2.35. The standard InChI is InChI=1S/C22H24N2O2/c1-14-3-8-20-19(11-14)18-7-6-17(22(25)26)12-21(18)24(20)10-9-16-5-4-15(2)23-13-16/h3-5,8,11,13,17H,6-7,9-10,12H2,1-2H3,(H,25,26). The zero-order valence-electron chi connectivity index (χ0n) is 15.3. The lowest BCUT2D eigenvalue weighted by Gasteiger charge is -2.21. The minimum Gasteiger partial charge on any atom is -0.481 e. The topological polar surface area (TPSA) is 55.1 Å². The van der Waals surface area contributed by atoms with Gasteiger partial charge in [0.25, 0.3) is 0 Å². The summed E-state index contributed by atoms with van der Waals surface area (Å²) >= 11 is 0. The molecule has 0 amide bonds. The molecule has 3 aromatic rings. The van der Waals surface area contributed by atoms with Crippen molar-refractivity contribution in [1.29, 1.82) is 0 Å². The van der Waals surface area contributed by atoms with Gasteiger partial charge in [-0.1, -0.05) is 17.7 Å². The number of pyridine rings is 1. The second kappa shape index (κ2) is 6.60. The molecule has 4 nitrogen and oxygen atoms in total. The molecule has 1 aliphatic carbocycles. The quantitative estimate of drug-likeness (QED) is 0.773. The number of carboxylic acids is 1. The van der Waals surface area contributed by atoms with E-state index in [4.69, 9.17) is 0 Å². The maximum atomic E-state index is 11.5. The molecule has 1 aliphatic rings. The van der Waals surface area contributed by atoms with Crippen LogP contribution in [0.15, 0.2) is 36.5 Å². The highest BCUT2D eigenvalue weighted by molar-refractivity contribution is 5.87. The number of benzene rings is 1. The maximum absolute atomic E-state index is 11.5. The molecule has 1 aromatic carbocycles. The van der Waals surface area contributed by atoms with Crippen LogP contribution in [0.2, 0.25) is 0 Å². The van der Waals surface area contributed by atoms with E-state index in [1.54, 1.807) is 0 Å². The molecule has 0 fully saturated rings. The largest absolute Gasteiger partial charge is 0.481 e. The van der Waals surface area contributed by atoms with Crippen molar-refractivity contribution in [2.75, 3.05) is 0 Å². The molecule has 2 heterocycles. The summed E-state index contributed by atoms with van der Waals surface area (Å²) in [6, 6.07) is 10.8. The van der Waals surface area contributed by atoms with Crippen LogP contribution in [0.4, 0.5) is 0 Å². The van der Waals surface area contributed by atoms with Crippen molar-refractivity contribution in [3.8, 4) is 0 Å². The summed E-state index contributed by atoms with van der Waals surface area (Å²) in [5.41, 5.74) is 7.28. The first-order valence-electron chi connectivity index (χ1n) is 9.28. The Hall–Kier alpha value is -2.62. The van der Waals surface area contributed by atoms with Crippen molar-refractivity contribution in [3.05, 3.63) is 64.6 Å². The van der Waals surface area contributed by atoms with Crippen LogP contribution in [0.1, 0.15) is 34.5 Å². The SMILES string of the molecule is Cc1ccc2c(c1)c1c(n2CCc2ccc(C)nc2)CC(C(=O)O)CC1. The second-order valence-electron chi connectivity index (χ2n) is 7.43. The molecule has 0 radical (unpaired) electrons. The first kappa shape index (κ1) is 16.8. The van der Waals surface area contributed by atoms with Crippen LogP contribution in [0.25, 0.3) is 10.9 Å². The van der Waals surface area contributed by atoms with Crippen molar-refractivity contribution in [1.82, 2.24) is 9.55 Å². The molecular formula is C22H24N2O2. The fourth-order valence-electron chi connectivity index (χ4n) is 4.11. The highest BCUT2D eigenvalue weighted by atomic mass is 16.4. The van der Waals surface area contributed by atoms with E-state index >= 15 is 0 Å². The van der Waals surface area contributed by atoms with Gasteiger partial charge in [-0.15, -0.1) is 0 Å². The molecule has 1 N–H and O–H groups in total. The van der Waals surface area contributed by atoms with Crippen molar-refractivity contribution < 1.29 is 9.90 Å². The number of hydrogen-bond acceptors (Lipinski definition) is 2. The second-order valence-corrected chi connectivity index (χ2v) is 7.43. The third-order valence-corrected chi connectivity index (χ3v) is 5.57. The molecule has 134 valence electrons. The number of hydrogen-bond donors (Lipinski definition) is 1. The van der Waals surface area contributed by atoms with E-state index in [9.17, 15) is 9.90 Å². The summed E-state index contributed by atoms with van der Waals surface area (Å²) in [6.45, 7) is 4.96. The highest BCUT2D eigenvalue weighted by Gasteiger charge is 2.29. The van der Waals surface area contributed by atoms with Gasteiger partial charge in [-0.25, -0.2) is 0 Å². The van der Waals surface area contributed by atoms with Gasteiger partial charge in [-0.2, -0.15) is 0 Å². The summed E-state index contributed by atoms with van der Waals surface area (Å²) in [5.74, 6) is -0.945. The van der Waals surface area contributed by atoms with Gasteiger partial charge in [0, 0.05) is 41.5 Å². The summed E-state index contributed by atoms with van der Waals surface area (Å²) in [4.78, 5) is 15.9. The Kier molecular flexibility index (Phi) is 4.27. The predicted octanol–water partition coefficient (Wildman–Crippen LogP) is 4.09. The molecule has 26 heavy (non-hydrogen) atoms. The number of carbonyl (C=O) groups is 1. The fraction of sp³-hybridized carbons (Fsp3) is 0.364. The van der Waals surface area contributed by atoms with E-state index in [0.29, 0.717) is 6.42 Å². The lowest BCUT2D eigenvalue weighted by molar-refractivity contribution is -0.142. The van der Waals surface area contributed by atoms with Crippen LogP contribution < -0.4 is 0 Å². The van der Waals surface area contributed by atoms with E-state index in [0.717, 1.165) is 31.5 Å². The first-order valence-corrected chi connectivity index (χ1v) is 9.28. The van der Waals surface area contributed by atoms with E-state index in [2.05, 4.69) is 40.7 Å². The van der Waals surface area contributed by atoms with Crippen LogP contribution in [-0.4, -0.2) is 20.6 Å². The van der Waals surface area contributed by atoms with Crippen LogP contribution in [0, 0.1) is 19.8 Å². The average Bonchev–Trinajstić information content (AvgIpc) is 2.93. The summed E-state index contributed by atoms with van der Waals surface area (Å²) in [5, 5.41) is 10.8. The smallest absolute Gasteiger partial charge is 0.306 e. The van der Waals surface area contributed by atoms with E-state index < -0.39 is 5.97 Å². The number of aromatic nitrogens is 2. The van der Waals surface area contributed by atoms with Gasteiger partial charge >= 0.3 is 5.97 Å². The molecule has 0 saturated heterocycles. The molecule has 1 unspecified atom stereocenters. The number of fused-ring (bicyclic) bond motifs is 3. The molecule has 1 atom stereocenters. The maximum Gasteiger partial charge on any atom is 0.306 e. The third kappa shape index (κ3) is 3.00. The van der Waals surface area contributed by atoms with Crippen molar-refractivity contribution in [2.24, 2.45) is 5.92 Å². The van der Waals surface area contributed by atoms with Crippen LogP contribution in [0.5, 0.6) is 0 Å². The van der Waals surface area contributed by atoms with E-state index in [1.165, 1.54) is 33.3 Å². The Morgan fingerprint density at radius 1 is 1.27 bits per heavy atom. The average molecular weight is 348 g/mol. The molecule has 0 bridgehead atoms.